The fourth-order valence-electron chi connectivity index (χ4n) is 0.854. The number of halogens is 4. The number of nitrogens with zero attached hydrogens (tertiary/aromatic N) is 1. The number of pyridine rings is 1. The number of aromatic nitrogens is 1. The molecule has 0 aliphatic heterocycles. The summed E-state index contributed by atoms with van der Waals surface area (Å²) in [5, 5.41) is 0.424. The molecule has 0 aliphatic rings. The highest BCUT2D eigenvalue weighted by Crippen LogP contribution is 2.28. The normalized spacial score (nSPS) is 10.8. The van der Waals surface area contributed by atoms with Gasteiger partial charge in [0, 0.05) is 10.9 Å². The summed E-state index contributed by atoms with van der Waals surface area (Å²) in [6.07, 6.45) is -2.50. The van der Waals surface area contributed by atoms with Crippen molar-refractivity contribution in [1.82, 2.24) is 4.98 Å². The summed E-state index contributed by atoms with van der Waals surface area (Å²) in [6, 6.07) is 1.36. The van der Waals surface area contributed by atoms with Gasteiger partial charge in [-0.15, -0.1) is 0 Å². The first-order valence-corrected chi connectivity index (χ1v) is 5.55. The third kappa shape index (κ3) is 2.49. The molecule has 1 heterocycles. The SMILES string of the molecule is Nc1nc(CBr)cc(C(F)F)c1I. The standard InChI is InChI=1S/C7H6BrF2IN2/c8-2-3-1-4(6(9)10)5(11)7(12)13-3/h1,6H,2H2,(H2,12,13). The van der Waals surface area contributed by atoms with Crippen LogP contribution in [-0.2, 0) is 5.33 Å². The van der Waals surface area contributed by atoms with Crippen LogP contribution < -0.4 is 5.73 Å². The molecule has 0 unspecified atom stereocenters. The zero-order chi connectivity index (χ0) is 10.0. The van der Waals surface area contributed by atoms with Gasteiger partial charge in [0.15, 0.2) is 0 Å². The van der Waals surface area contributed by atoms with Crippen molar-refractivity contribution in [1.29, 1.82) is 0 Å². The van der Waals surface area contributed by atoms with E-state index in [9.17, 15) is 8.78 Å². The molecule has 72 valence electrons. The monoisotopic (exact) mass is 362 g/mol. The van der Waals surface area contributed by atoms with Crippen LogP contribution >= 0.6 is 38.5 Å². The third-order valence-electron chi connectivity index (χ3n) is 1.44. The van der Waals surface area contributed by atoms with Gasteiger partial charge in [0.05, 0.1) is 9.26 Å². The zero-order valence-electron chi connectivity index (χ0n) is 6.40. The fraction of sp³-hybridized carbons (Fsp3) is 0.286. The lowest BCUT2D eigenvalue weighted by Crippen LogP contribution is -2.02. The summed E-state index contributed by atoms with van der Waals surface area (Å²) in [5.74, 6) is 0.160. The Labute approximate surface area is 96.2 Å². The van der Waals surface area contributed by atoms with E-state index in [4.69, 9.17) is 5.73 Å². The lowest BCUT2D eigenvalue weighted by atomic mass is 10.2. The molecular formula is C7H6BrF2IN2. The Morgan fingerprint density at radius 1 is 1.62 bits per heavy atom. The predicted octanol–water partition coefficient (Wildman–Crippen LogP) is 3.10. The molecule has 6 heteroatoms. The molecule has 0 spiro atoms. The maximum atomic E-state index is 12.4. The van der Waals surface area contributed by atoms with Crippen LogP contribution in [0.3, 0.4) is 0 Å². The molecule has 2 nitrogen and oxygen atoms in total. The minimum atomic E-state index is -2.50. The van der Waals surface area contributed by atoms with Crippen LogP contribution in [0, 0.1) is 3.57 Å². The van der Waals surface area contributed by atoms with Gasteiger partial charge in [0.1, 0.15) is 5.82 Å². The first-order valence-electron chi connectivity index (χ1n) is 3.35. The largest absolute Gasteiger partial charge is 0.383 e. The van der Waals surface area contributed by atoms with Crippen molar-refractivity contribution in [3.8, 4) is 0 Å². The second-order valence-electron chi connectivity index (χ2n) is 2.34. The highest BCUT2D eigenvalue weighted by atomic mass is 127. The topological polar surface area (TPSA) is 38.9 Å². The van der Waals surface area contributed by atoms with Gasteiger partial charge < -0.3 is 5.73 Å². The van der Waals surface area contributed by atoms with Crippen molar-refractivity contribution in [3.63, 3.8) is 0 Å². The fourth-order valence-corrected chi connectivity index (χ4v) is 1.65. The highest BCUT2D eigenvalue weighted by Gasteiger charge is 2.15. The van der Waals surface area contributed by atoms with Crippen molar-refractivity contribution >= 4 is 44.3 Å². The molecular weight excluding hydrogens is 357 g/mol. The molecule has 1 rings (SSSR count). The first kappa shape index (κ1) is 11.1. The van der Waals surface area contributed by atoms with Gasteiger partial charge in [-0.1, -0.05) is 15.9 Å². The van der Waals surface area contributed by atoms with E-state index in [0.717, 1.165) is 0 Å². The molecule has 0 radical (unpaired) electrons. The van der Waals surface area contributed by atoms with Gasteiger partial charge in [0.25, 0.3) is 6.43 Å². The van der Waals surface area contributed by atoms with Gasteiger partial charge in [-0.25, -0.2) is 13.8 Å². The van der Waals surface area contributed by atoms with E-state index < -0.39 is 6.43 Å². The Balaban J connectivity index is 3.25. The smallest absolute Gasteiger partial charge is 0.265 e. The van der Waals surface area contributed by atoms with Crippen LogP contribution in [0.2, 0.25) is 0 Å². The minimum Gasteiger partial charge on any atom is -0.383 e. The molecule has 0 fully saturated rings. The van der Waals surface area contributed by atoms with Crippen LogP contribution in [0.1, 0.15) is 17.7 Å². The molecule has 1 aromatic rings. The van der Waals surface area contributed by atoms with Gasteiger partial charge in [-0.2, -0.15) is 0 Å². The number of hydrogen-bond donors (Lipinski definition) is 1. The minimum absolute atomic E-state index is 0.0532. The van der Waals surface area contributed by atoms with Gasteiger partial charge in [-0.3, -0.25) is 0 Å². The lowest BCUT2D eigenvalue weighted by molar-refractivity contribution is 0.150. The number of alkyl halides is 3. The van der Waals surface area contributed by atoms with Crippen LogP contribution in [0.5, 0.6) is 0 Å². The summed E-state index contributed by atoms with van der Waals surface area (Å²) < 4.78 is 25.2. The molecule has 0 saturated carbocycles. The Hall–Kier alpha value is 0.0200. The molecule has 0 amide bonds. The summed E-state index contributed by atoms with van der Waals surface area (Å²) in [5.41, 5.74) is 5.93. The molecule has 2 N–H and O–H groups in total. The molecule has 0 atom stereocenters. The number of rotatable bonds is 2. The van der Waals surface area contributed by atoms with Crippen molar-refractivity contribution < 1.29 is 8.78 Å². The average Bonchev–Trinajstić information content (AvgIpc) is 2.09. The predicted molar refractivity (Wildman–Crippen MR) is 59.0 cm³/mol. The van der Waals surface area contributed by atoms with E-state index in [1.807, 2.05) is 0 Å². The number of anilines is 1. The maximum Gasteiger partial charge on any atom is 0.265 e. The second-order valence-corrected chi connectivity index (χ2v) is 3.98. The molecule has 0 saturated heterocycles. The van der Waals surface area contributed by atoms with Crippen LogP contribution in [0.4, 0.5) is 14.6 Å². The van der Waals surface area contributed by atoms with Crippen molar-refractivity contribution in [2.24, 2.45) is 0 Å². The lowest BCUT2D eigenvalue weighted by Gasteiger charge is -2.07. The molecule has 1 aromatic heterocycles. The maximum absolute atomic E-state index is 12.4. The van der Waals surface area contributed by atoms with E-state index in [-0.39, 0.29) is 11.4 Å². The Bertz CT molecular complexity index is 320. The Morgan fingerprint density at radius 3 is 2.69 bits per heavy atom. The number of hydrogen-bond acceptors (Lipinski definition) is 2. The van der Waals surface area contributed by atoms with E-state index in [2.05, 4.69) is 20.9 Å². The molecule has 13 heavy (non-hydrogen) atoms. The quantitative estimate of drug-likeness (QED) is 0.648. The van der Waals surface area contributed by atoms with Crippen molar-refractivity contribution in [2.75, 3.05) is 5.73 Å². The first-order chi connectivity index (χ1) is 6.06. The van der Waals surface area contributed by atoms with Crippen LogP contribution in [-0.4, -0.2) is 4.98 Å². The van der Waals surface area contributed by atoms with Crippen molar-refractivity contribution in [3.05, 3.63) is 20.9 Å². The molecule has 0 aliphatic carbocycles. The summed E-state index contributed by atoms with van der Waals surface area (Å²) in [4.78, 5) is 3.92. The second kappa shape index (κ2) is 4.50. The van der Waals surface area contributed by atoms with Crippen LogP contribution in [0.15, 0.2) is 6.07 Å². The highest BCUT2D eigenvalue weighted by molar-refractivity contribution is 14.1. The van der Waals surface area contributed by atoms with Gasteiger partial charge in [0.2, 0.25) is 0 Å². The average molecular weight is 363 g/mol. The summed E-state index contributed by atoms with van der Waals surface area (Å²) in [7, 11) is 0. The summed E-state index contributed by atoms with van der Waals surface area (Å²) in [6.45, 7) is 0. The summed E-state index contributed by atoms with van der Waals surface area (Å²) >= 11 is 4.90. The van der Waals surface area contributed by atoms with Crippen LogP contribution in [0.25, 0.3) is 0 Å². The Kier molecular flexibility index (Phi) is 3.84. The van der Waals surface area contributed by atoms with E-state index in [0.29, 0.717) is 14.6 Å². The number of nitrogen functional groups attached to an aromatic ring is 1. The van der Waals surface area contributed by atoms with E-state index >= 15 is 0 Å². The molecule has 0 aromatic carbocycles. The number of nitrogens with two attached hydrogens (primary N) is 1. The third-order valence-corrected chi connectivity index (χ3v) is 3.19. The van der Waals surface area contributed by atoms with E-state index in [1.54, 1.807) is 22.6 Å². The van der Waals surface area contributed by atoms with E-state index in [1.165, 1.54) is 6.07 Å². The molecule has 0 bridgehead atoms. The zero-order valence-corrected chi connectivity index (χ0v) is 10.1. The van der Waals surface area contributed by atoms with Gasteiger partial charge >= 0.3 is 0 Å². The van der Waals surface area contributed by atoms with Gasteiger partial charge in [-0.05, 0) is 28.7 Å². The Morgan fingerprint density at radius 2 is 2.23 bits per heavy atom. The van der Waals surface area contributed by atoms with Crippen molar-refractivity contribution in [2.45, 2.75) is 11.8 Å².